The van der Waals surface area contributed by atoms with Crippen molar-refractivity contribution in [1.29, 1.82) is 0 Å². The minimum atomic E-state index is -2.34. The minimum Gasteiger partial charge on any atom is -0.388 e. The number of rotatable bonds is 9. The second-order valence-corrected chi connectivity index (χ2v) is 8.49. The first-order valence-corrected chi connectivity index (χ1v) is 10.5. The van der Waals surface area contributed by atoms with E-state index in [9.17, 15) is 0 Å². The van der Waals surface area contributed by atoms with Crippen molar-refractivity contribution in [2.24, 2.45) is 0 Å². The lowest BCUT2D eigenvalue weighted by Crippen LogP contribution is -2.36. The third kappa shape index (κ3) is 6.50. The van der Waals surface area contributed by atoms with Gasteiger partial charge in [-0.3, -0.25) is 0 Å². The fraction of sp³-hybridized carbons (Fsp3) is 0.143. The highest BCUT2D eigenvalue weighted by Crippen LogP contribution is 2.10. The van der Waals surface area contributed by atoms with E-state index in [-0.39, 0.29) is 0 Å². The topological polar surface area (TPSA) is 18.5 Å². The summed E-state index contributed by atoms with van der Waals surface area (Å²) in [7, 11) is -2.34. The molecule has 2 rings (SSSR count). The second-order valence-electron chi connectivity index (χ2n) is 5.47. The number of hydrogen-bond acceptors (Lipinski definition) is 2. The Bertz CT molecular complexity index is 609. The van der Waals surface area contributed by atoms with Gasteiger partial charge < -0.3 is 8.85 Å². The fourth-order valence-electron chi connectivity index (χ4n) is 2.08. The molecule has 0 aliphatic heterocycles. The minimum absolute atomic E-state index is 0.520. The molecule has 0 amide bonds. The van der Waals surface area contributed by atoms with Crippen LogP contribution in [0.25, 0.3) is 12.2 Å². The summed E-state index contributed by atoms with van der Waals surface area (Å²) in [6, 6.07) is 20.3. The summed E-state index contributed by atoms with van der Waals surface area (Å²) in [6.45, 7) is 6.92. The molecule has 3 heteroatoms. The van der Waals surface area contributed by atoms with E-state index in [1.807, 2.05) is 72.9 Å². The van der Waals surface area contributed by atoms with E-state index in [0.717, 1.165) is 11.1 Å². The van der Waals surface area contributed by atoms with Gasteiger partial charge in [0.15, 0.2) is 0 Å². The van der Waals surface area contributed by atoms with Gasteiger partial charge in [-0.2, -0.15) is 0 Å². The van der Waals surface area contributed by atoms with Crippen LogP contribution in [0.15, 0.2) is 85.1 Å². The van der Waals surface area contributed by atoms with Crippen LogP contribution in [-0.4, -0.2) is 21.8 Å². The van der Waals surface area contributed by atoms with Crippen molar-refractivity contribution in [1.82, 2.24) is 0 Å². The van der Waals surface area contributed by atoms with Crippen molar-refractivity contribution in [3.8, 4) is 0 Å². The van der Waals surface area contributed by atoms with Crippen molar-refractivity contribution in [3.05, 3.63) is 96.2 Å². The third-order valence-corrected chi connectivity index (χ3v) is 5.74. The average molecular weight is 337 g/mol. The second kappa shape index (κ2) is 9.83. The van der Waals surface area contributed by atoms with Gasteiger partial charge in [-0.15, -0.1) is 6.58 Å². The molecule has 124 valence electrons. The summed E-state index contributed by atoms with van der Waals surface area (Å²) >= 11 is 0. The summed E-state index contributed by atoms with van der Waals surface area (Å²) in [6.07, 6.45) is 8.11. The van der Waals surface area contributed by atoms with Gasteiger partial charge in [-0.25, -0.2) is 0 Å². The molecule has 0 atom stereocenters. The van der Waals surface area contributed by atoms with E-state index >= 15 is 0 Å². The van der Waals surface area contributed by atoms with Crippen LogP contribution < -0.4 is 0 Å². The largest absolute Gasteiger partial charge is 0.388 e. The Labute approximate surface area is 146 Å². The molecule has 0 N–H and O–H groups in total. The van der Waals surface area contributed by atoms with E-state index in [0.29, 0.717) is 13.2 Å². The third-order valence-electron chi connectivity index (χ3n) is 3.52. The molecule has 0 saturated carbocycles. The molecular weight excluding hydrogens is 312 g/mol. The maximum atomic E-state index is 5.93. The van der Waals surface area contributed by atoms with Crippen LogP contribution in [-0.2, 0) is 8.85 Å². The average Bonchev–Trinajstić information content (AvgIpc) is 2.64. The van der Waals surface area contributed by atoms with Gasteiger partial charge >= 0.3 is 8.56 Å². The van der Waals surface area contributed by atoms with Crippen LogP contribution in [0.3, 0.4) is 0 Å². The predicted molar refractivity (Wildman–Crippen MR) is 105 cm³/mol. The first-order chi connectivity index (χ1) is 11.7. The molecule has 0 aliphatic carbocycles. The van der Waals surface area contributed by atoms with E-state index in [2.05, 4.69) is 30.8 Å². The first kappa shape index (κ1) is 18.1. The monoisotopic (exact) mass is 336 g/mol. The molecule has 0 fully saturated rings. The SMILES string of the molecule is C=C[Si](C)(OCC=Cc1ccccc1)OCC=Cc1ccccc1. The Hall–Kier alpha value is -2.20. The molecule has 24 heavy (non-hydrogen) atoms. The van der Waals surface area contributed by atoms with E-state index < -0.39 is 8.56 Å². The van der Waals surface area contributed by atoms with Crippen LogP contribution >= 0.6 is 0 Å². The van der Waals surface area contributed by atoms with Gasteiger partial charge in [-0.05, 0) is 23.4 Å². The zero-order valence-electron chi connectivity index (χ0n) is 14.1. The van der Waals surface area contributed by atoms with Crippen LogP contribution in [0.2, 0.25) is 6.55 Å². The van der Waals surface area contributed by atoms with Crippen molar-refractivity contribution >= 4 is 20.7 Å². The lowest BCUT2D eigenvalue weighted by atomic mass is 10.2. The Morgan fingerprint density at radius 2 is 1.21 bits per heavy atom. The van der Waals surface area contributed by atoms with Gasteiger partial charge in [0, 0.05) is 0 Å². The summed E-state index contributed by atoms with van der Waals surface area (Å²) in [5.41, 5.74) is 4.14. The molecule has 2 nitrogen and oxygen atoms in total. The lowest BCUT2D eigenvalue weighted by molar-refractivity contribution is 0.220. The van der Waals surface area contributed by atoms with Crippen molar-refractivity contribution in [3.63, 3.8) is 0 Å². The zero-order chi connectivity index (χ0) is 17.1. The van der Waals surface area contributed by atoms with E-state index in [4.69, 9.17) is 8.85 Å². The highest BCUT2D eigenvalue weighted by atomic mass is 28.4. The van der Waals surface area contributed by atoms with Crippen LogP contribution in [0.4, 0.5) is 0 Å². The maximum absolute atomic E-state index is 5.93. The fourth-order valence-corrected chi connectivity index (χ4v) is 3.26. The molecule has 0 saturated heterocycles. The molecule has 0 spiro atoms. The van der Waals surface area contributed by atoms with Gasteiger partial charge in [0.05, 0.1) is 13.2 Å². The number of benzene rings is 2. The van der Waals surface area contributed by atoms with Crippen LogP contribution in [0, 0.1) is 0 Å². The molecule has 0 aromatic heterocycles. The lowest BCUT2D eigenvalue weighted by Gasteiger charge is -2.21. The molecular formula is C21H24O2Si. The van der Waals surface area contributed by atoms with Gasteiger partial charge in [0.2, 0.25) is 0 Å². The van der Waals surface area contributed by atoms with Crippen molar-refractivity contribution < 1.29 is 8.85 Å². The predicted octanol–water partition coefficient (Wildman–Crippen LogP) is 5.24. The Kier molecular flexibility index (Phi) is 7.43. The summed E-state index contributed by atoms with van der Waals surface area (Å²) in [4.78, 5) is 0. The quantitative estimate of drug-likeness (QED) is 0.583. The summed E-state index contributed by atoms with van der Waals surface area (Å²) in [5.74, 6) is 0. The highest BCUT2D eigenvalue weighted by molar-refractivity contribution is 6.71. The molecule has 0 radical (unpaired) electrons. The van der Waals surface area contributed by atoms with Gasteiger partial charge in [0.1, 0.15) is 0 Å². The van der Waals surface area contributed by atoms with E-state index in [1.165, 1.54) is 0 Å². The first-order valence-electron chi connectivity index (χ1n) is 8.06. The van der Waals surface area contributed by atoms with Crippen molar-refractivity contribution in [2.75, 3.05) is 13.2 Å². The van der Waals surface area contributed by atoms with Crippen LogP contribution in [0.5, 0.6) is 0 Å². The van der Waals surface area contributed by atoms with Crippen LogP contribution in [0.1, 0.15) is 11.1 Å². The Morgan fingerprint density at radius 1 is 0.792 bits per heavy atom. The van der Waals surface area contributed by atoms with Crippen molar-refractivity contribution in [2.45, 2.75) is 6.55 Å². The Morgan fingerprint density at radius 3 is 1.58 bits per heavy atom. The molecule has 0 bridgehead atoms. The maximum Gasteiger partial charge on any atom is 0.361 e. The molecule has 0 unspecified atom stereocenters. The molecule has 0 aliphatic rings. The highest BCUT2D eigenvalue weighted by Gasteiger charge is 2.26. The molecule has 0 heterocycles. The normalized spacial score (nSPS) is 14.0. The molecule has 2 aromatic rings. The number of hydrogen-bond donors (Lipinski definition) is 0. The summed E-state index contributed by atoms with van der Waals surface area (Å²) < 4.78 is 11.9. The molecule has 2 aromatic carbocycles. The standard InChI is InChI=1S/C21H24O2Si/c1-3-24(2,22-18-10-16-20-12-6-4-7-13-20)23-19-11-17-21-14-8-5-9-15-21/h3-17H,1,18-19H2,2H3. The smallest absolute Gasteiger partial charge is 0.361 e. The summed E-state index contributed by atoms with van der Waals surface area (Å²) in [5, 5.41) is 0. The van der Waals surface area contributed by atoms with E-state index in [1.54, 1.807) is 0 Å². The Balaban J connectivity index is 1.77. The van der Waals surface area contributed by atoms with Gasteiger partial charge in [-0.1, -0.05) is 85.0 Å². The zero-order valence-corrected chi connectivity index (χ0v) is 15.1. The van der Waals surface area contributed by atoms with Gasteiger partial charge in [0.25, 0.3) is 0 Å².